The molecule has 0 aliphatic rings. The van der Waals surface area contributed by atoms with E-state index in [1.807, 2.05) is 6.92 Å². The molecule has 0 atom stereocenters. The third-order valence-corrected chi connectivity index (χ3v) is 4.63. The van der Waals surface area contributed by atoms with Crippen LogP contribution in [-0.2, 0) is 19.5 Å². The van der Waals surface area contributed by atoms with Crippen molar-refractivity contribution in [3.05, 3.63) is 29.8 Å². The molecule has 20 heavy (non-hydrogen) atoms. The molecule has 6 heteroatoms. The quantitative estimate of drug-likeness (QED) is 0.561. The van der Waals surface area contributed by atoms with Gasteiger partial charge < -0.3 is 9.47 Å². The van der Waals surface area contributed by atoms with E-state index < -0.39 is 16.3 Å². The topological polar surface area (TPSA) is 55.8 Å². The van der Waals surface area contributed by atoms with Crippen molar-refractivity contribution in [3.8, 4) is 12.3 Å². The number of sulfonamides is 1. The van der Waals surface area contributed by atoms with Gasteiger partial charge in [0, 0.05) is 14.2 Å². The molecule has 1 aromatic carbocycles. The highest BCUT2D eigenvalue weighted by molar-refractivity contribution is 7.89. The summed E-state index contributed by atoms with van der Waals surface area (Å²) in [6, 6.07) is 6.60. The number of terminal acetylenes is 1. The fourth-order valence-corrected chi connectivity index (χ4v) is 2.96. The Morgan fingerprint density at radius 1 is 1.25 bits per heavy atom. The first kappa shape index (κ1) is 16.7. The van der Waals surface area contributed by atoms with E-state index in [4.69, 9.17) is 15.9 Å². The number of benzene rings is 1. The number of nitrogens with zero attached hydrogens (tertiary/aromatic N) is 1. The molecule has 0 saturated heterocycles. The van der Waals surface area contributed by atoms with Crippen molar-refractivity contribution in [2.24, 2.45) is 0 Å². The summed E-state index contributed by atoms with van der Waals surface area (Å²) >= 11 is 0. The van der Waals surface area contributed by atoms with Crippen LogP contribution >= 0.6 is 0 Å². The molecule has 0 fully saturated rings. The predicted octanol–water partition coefficient (Wildman–Crippen LogP) is 1.24. The monoisotopic (exact) mass is 297 g/mol. The maximum Gasteiger partial charge on any atom is 0.244 e. The number of aryl methyl sites for hydroxylation is 1. The Hall–Kier alpha value is -1.39. The third-order valence-electron chi connectivity index (χ3n) is 2.80. The van der Waals surface area contributed by atoms with Crippen LogP contribution in [-0.4, -0.2) is 46.3 Å². The Labute approximate surface area is 120 Å². The fourth-order valence-electron chi connectivity index (χ4n) is 1.62. The summed E-state index contributed by atoms with van der Waals surface area (Å²) in [5, 5.41) is 0. The van der Waals surface area contributed by atoms with Crippen LogP contribution in [0.1, 0.15) is 5.56 Å². The molecular formula is C14H19NO4S. The second-order valence-corrected chi connectivity index (χ2v) is 6.15. The van der Waals surface area contributed by atoms with Gasteiger partial charge in [0.25, 0.3) is 0 Å². The molecule has 0 saturated carbocycles. The highest BCUT2D eigenvalue weighted by atomic mass is 32.2. The highest BCUT2D eigenvalue weighted by Crippen LogP contribution is 2.17. The summed E-state index contributed by atoms with van der Waals surface area (Å²) in [4.78, 5) is 0.198. The maximum absolute atomic E-state index is 12.5. The minimum atomic E-state index is -3.66. The molecule has 0 amide bonds. The van der Waals surface area contributed by atoms with Gasteiger partial charge in [-0.05, 0) is 19.1 Å². The predicted molar refractivity (Wildman–Crippen MR) is 76.6 cm³/mol. The Kier molecular flexibility index (Phi) is 6.17. The zero-order valence-corrected chi connectivity index (χ0v) is 12.7. The molecule has 0 heterocycles. The van der Waals surface area contributed by atoms with Gasteiger partial charge in [0.2, 0.25) is 10.0 Å². The zero-order valence-electron chi connectivity index (χ0n) is 11.9. The summed E-state index contributed by atoms with van der Waals surface area (Å²) in [5.41, 5.74) is 0.985. The Balaban J connectivity index is 3.06. The molecular weight excluding hydrogens is 278 g/mol. The highest BCUT2D eigenvalue weighted by Gasteiger charge is 2.26. The second kappa shape index (κ2) is 7.41. The van der Waals surface area contributed by atoms with Crippen LogP contribution in [0.25, 0.3) is 0 Å². The van der Waals surface area contributed by atoms with E-state index in [1.165, 1.54) is 14.2 Å². The van der Waals surface area contributed by atoms with Crippen molar-refractivity contribution in [1.82, 2.24) is 4.31 Å². The van der Waals surface area contributed by atoms with Crippen molar-refractivity contribution >= 4 is 10.0 Å². The largest absolute Gasteiger partial charge is 0.354 e. The molecule has 0 N–H and O–H groups in total. The van der Waals surface area contributed by atoms with Crippen LogP contribution in [0.3, 0.4) is 0 Å². The number of methoxy groups -OCH3 is 2. The van der Waals surface area contributed by atoms with E-state index in [0.29, 0.717) is 0 Å². The van der Waals surface area contributed by atoms with Gasteiger partial charge >= 0.3 is 0 Å². The van der Waals surface area contributed by atoms with E-state index in [-0.39, 0.29) is 18.0 Å². The van der Waals surface area contributed by atoms with Gasteiger partial charge in [-0.1, -0.05) is 23.6 Å². The average Bonchev–Trinajstić information content (AvgIpc) is 2.43. The van der Waals surface area contributed by atoms with Crippen LogP contribution in [0.5, 0.6) is 0 Å². The normalized spacial score (nSPS) is 11.8. The first-order valence-corrected chi connectivity index (χ1v) is 7.45. The lowest BCUT2D eigenvalue weighted by molar-refractivity contribution is -0.107. The lowest BCUT2D eigenvalue weighted by Gasteiger charge is -2.24. The van der Waals surface area contributed by atoms with Gasteiger partial charge in [-0.3, -0.25) is 0 Å². The van der Waals surface area contributed by atoms with E-state index in [1.54, 1.807) is 24.3 Å². The molecule has 0 unspecified atom stereocenters. The Morgan fingerprint density at radius 2 is 1.80 bits per heavy atom. The first-order chi connectivity index (χ1) is 9.45. The fraction of sp³-hybridized carbons (Fsp3) is 0.429. The molecule has 0 bridgehead atoms. The first-order valence-electron chi connectivity index (χ1n) is 6.01. The second-order valence-electron chi connectivity index (χ2n) is 4.22. The smallest absolute Gasteiger partial charge is 0.244 e. The van der Waals surface area contributed by atoms with Crippen molar-refractivity contribution in [3.63, 3.8) is 0 Å². The van der Waals surface area contributed by atoms with Gasteiger partial charge in [0.1, 0.15) is 0 Å². The molecule has 1 rings (SSSR count). The minimum absolute atomic E-state index is 0.0351. The van der Waals surface area contributed by atoms with Crippen LogP contribution in [0, 0.1) is 19.3 Å². The molecule has 1 aromatic rings. The zero-order chi connectivity index (χ0) is 15.2. The summed E-state index contributed by atoms with van der Waals surface area (Å²) in [5.74, 6) is 2.34. The van der Waals surface area contributed by atoms with Crippen LogP contribution in [0.15, 0.2) is 29.2 Å². The van der Waals surface area contributed by atoms with Crippen LogP contribution < -0.4 is 0 Å². The lowest BCUT2D eigenvalue weighted by Crippen LogP contribution is -2.39. The summed E-state index contributed by atoms with van der Waals surface area (Å²) in [6.07, 6.45) is 4.59. The molecule has 0 radical (unpaired) electrons. The Morgan fingerprint density at radius 3 is 2.25 bits per heavy atom. The molecule has 0 aliphatic carbocycles. The number of rotatable bonds is 7. The minimum Gasteiger partial charge on any atom is -0.354 e. The van der Waals surface area contributed by atoms with Gasteiger partial charge in [0.05, 0.1) is 18.0 Å². The molecule has 0 aliphatic heterocycles. The van der Waals surface area contributed by atoms with Crippen molar-refractivity contribution < 1.29 is 17.9 Å². The maximum atomic E-state index is 12.5. The van der Waals surface area contributed by atoms with Crippen molar-refractivity contribution in [2.45, 2.75) is 18.1 Å². The van der Waals surface area contributed by atoms with Crippen molar-refractivity contribution in [1.29, 1.82) is 0 Å². The van der Waals surface area contributed by atoms with E-state index in [9.17, 15) is 8.42 Å². The van der Waals surface area contributed by atoms with Gasteiger partial charge in [-0.2, -0.15) is 4.31 Å². The van der Waals surface area contributed by atoms with Crippen LogP contribution in [0.4, 0.5) is 0 Å². The summed E-state index contributed by atoms with van der Waals surface area (Å²) < 4.78 is 36.3. The molecule has 110 valence electrons. The van der Waals surface area contributed by atoms with Crippen molar-refractivity contribution in [2.75, 3.05) is 27.3 Å². The van der Waals surface area contributed by atoms with E-state index in [2.05, 4.69) is 5.92 Å². The average molecular weight is 297 g/mol. The van der Waals surface area contributed by atoms with Gasteiger partial charge in [-0.15, -0.1) is 6.42 Å². The summed E-state index contributed by atoms with van der Waals surface area (Å²) in [7, 11) is -0.774. The summed E-state index contributed by atoms with van der Waals surface area (Å²) in [6.45, 7) is 1.88. The van der Waals surface area contributed by atoms with Crippen LogP contribution in [0.2, 0.25) is 0 Å². The Bertz CT molecular complexity index is 556. The lowest BCUT2D eigenvalue weighted by atomic mass is 10.2. The standard InChI is InChI=1S/C14H19NO4S/c1-5-10-15(11-14(18-3)19-4)20(16,17)13-8-6-12(2)7-9-13/h1,6-9,14H,10-11H2,2-4H3. The van der Waals surface area contributed by atoms with E-state index >= 15 is 0 Å². The van der Waals surface area contributed by atoms with Gasteiger partial charge in [-0.25, -0.2) is 8.42 Å². The molecule has 0 spiro atoms. The number of hydrogen-bond acceptors (Lipinski definition) is 4. The molecule has 5 nitrogen and oxygen atoms in total. The third kappa shape index (κ3) is 4.05. The number of hydrogen-bond donors (Lipinski definition) is 0. The molecule has 0 aromatic heterocycles. The SMILES string of the molecule is C#CCN(CC(OC)OC)S(=O)(=O)c1ccc(C)cc1. The van der Waals surface area contributed by atoms with Gasteiger partial charge in [0.15, 0.2) is 6.29 Å². The van der Waals surface area contributed by atoms with E-state index in [0.717, 1.165) is 9.87 Å². The number of ether oxygens (including phenoxy) is 2.